The van der Waals surface area contributed by atoms with Crippen molar-refractivity contribution >= 4 is 23.5 Å². The molecule has 6 heteroatoms. The zero-order chi connectivity index (χ0) is 15.7. The largest absolute Gasteiger partial charge is 0.469 e. The maximum absolute atomic E-state index is 11.2. The van der Waals surface area contributed by atoms with Crippen molar-refractivity contribution in [3.8, 4) is 0 Å². The lowest BCUT2D eigenvalue weighted by molar-refractivity contribution is -0.141. The van der Waals surface area contributed by atoms with Gasteiger partial charge in [-0.05, 0) is 17.7 Å². The van der Waals surface area contributed by atoms with Gasteiger partial charge in [-0.2, -0.15) is 0 Å². The fourth-order valence-corrected chi connectivity index (χ4v) is 1.95. The molecule has 0 aromatic heterocycles. The minimum absolute atomic E-state index is 0.269. The van der Waals surface area contributed by atoms with Crippen LogP contribution < -0.4 is 0 Å². The molecule has 0 bridgehead atoms. The highest BCUT2D eigenvalue weighted by Gasteiger charge is 2.11. The maximum atomic E-state index is 11.2. The molecule has 0 aliphatic carbocycles. The molecule has 0 spiro atoms. The van der Waals surface area contributed by atoms with Gasteiger partial charge >= 0.3 is 11.9 Å². The predicted molar refractivity (Wildman–Crippen MR) is 80.0 cm³/mol. The van der Waals surface area contributed by atoms with Gasteiger partial charge < -0.3 is 9.47 Å². The molecule has 1 aromatic carbocycles. The van der Waals surface area contributed by atoms with Crippen LogP contribution in [0.2, 0.25) is 5.02 Å². The highest BCUT2D eigenvalue weighted by Crippen LogP contribution is 2.12. The van der Waals surface area contributed by atoms with E-state index in [1.165, 1.54) is 14.2 Å². The van der Waals surface area contributed by atoms with Crippen LogP contribution in [-0.4, -0.2) is 44.1 Å². The van der Waals surface area contributed by atoms with Crippen molar-refractivity contribution in [2.75, 3.05) is 27.3 Å². The van der Waals surface area contributed by atoms with Gasteiger partial charge in [0.1, 0.15) is 0 Å². The number of rotatable bonds is 8. The molecule has 21 heavy (non-hydrogen) atoms. The summed E-state index contributed by atoms with van der Waals surface area (Å²) in [5.41, 5.74) is 1.06. The minimum Gasteiger partial charge on any atom is -0.469 e. The van der Waals surface area contributed by atoms with Crippen molar-refractivity contribution in [3.05, 3.63) is 34.9 Å². The molecular formula is C15H20ClNO4. The van der Waals surface area contributed by atoms with Gasteiger partial charge in [-0.15, -0.1) is 0 Å². The Balaban J connectivity index is 2.59. The van der Waals surface area contributed by atoms with Crippen LogP contribution in [0.25, 0.3) is 0 Å². The molecule has 0 heterocycles. The monoisotopic (exact) mass is 313 g/mol. The molecule has 0 aliphatic heterocycles. The lowest BCUT2D eigenvalue weighted by atomic mass is 10.2. The van der Waals surface area contributed by atoms with Crippen molar-refractivity contribution in [2.45, 2.75) is 19.4 Å². The van der Waals surface area contributed by atoms with Crippen molar-refractivity contribution < 1.29 is 19.1 Å². The summed E-state index contributed by atoms with van der Waals surface area (Å²) in [6.07, 6.45) is 0.566. The van der Waals surface area contributed by atoms with Gasteiger partial charge in [0.05, 0.1) is 27.1 Å². The summed E-state index contributed by atoms with van der Waals surface area (Å²) in [5.74, 6) is -0.539. The highest BCUT2D eigenvalue weighted by molar-refractivity contribution is 6.30. The first kappa shape index (κ1) is 17.5. The van der Waals surface area contributed by atoms with Gasteiger partial charge in [0.15, 0.2) is 0 Å². The molecule has 116 valence electrons. The van der Waals surface area contributed by atoms with Crippen LogP contribution in [0.4, 0.5) is 0 Å². The lowest BCUT2D eigenvalue weighted by Gasteiger charge is -2.21. The summed E-state index contributed by atoms with van der Waals surface area (Å²) >= 11 is 5.86. The number of hydrogen-bond donors (Lipinski definition) is 0. The molecule has 0 N–H and O–H groups in total. The van der Waals surface area contributed by atoms with E-state index < -0.39 is 0 Å². The van der Waals surface area contributed by atoms with E-state index in [2.05, 4.69) is 9.47 Å². The normalized spacial score (nSPS) is 10.5. The number of halogens is 1. The quantitative estimate of drug-likeness (QED) is 0.689. The first-order chi connectivity index (χ1) is 10.0. The first-order valence-corrected chi connectivity index (χ1v) is 7.03. The number of nitrogens with zero attached hydrogens (tertiary/aromatic N) is 1. The predicted octanol–water partition coefficient (Wildman–Crippen LogP) is 2.27. The number of esters is 2. The Bertz CT molecular complexity index is 441. The standard InChI is InChI=1S/C15H20ClNO4/c1-20-14(18)7-9-17(10-8-15(19)21-2)11-12-3-5-13(16)6-4-12/h3-6H,7-11H2,1-2H3. The Morgan fingerprint density at radius 3 is 1.90 bits per heavy atom. The van der Waals surface area contributed by atoms with Crippen molar-refractivity contribution in [1.82, 2.24) is 4.90 Å². The molecule has 0 radical (unpaired) electrons. The highest BCUT2D eigenvalue weighted by atomic mass is 35.5. The number of carbonyl (C=O) groups is 2. The molecule has 0 saturated carbocycles. The van der Waals surface area contributed by atoms with E-state index in [-0.39, 0.29) is 24.8 Å². The Morgan fingerprint density at radius 1 is 1.00 bits per heavy atom. The number of carbonyl (C=O) groups excluding carboxylic acids is 2. The van der Waals surface area contributed by atoms with Gasteiger partial charge in [0.25, 0.3) is 0 Å². The third kappa shape index (κ3) is 7.11. The van der Waals surface area contributed by atoms with E-state index in [4.69, 9.17) is 11.6 Å². The SMILES string of the molecule is COC(=O)CCN(CCC(=O)OC)Cc1ccc(Cl)cc1. The Kier molecular flexibility index (Phi) is 7.79. The summed E-state index contributed by atoms with van der Waals surface area (Å²) < 4.78 is 9.28. The molecule has 0 saturated heterocycles. The fraction of sp³-hybridized carbons (Fsp3) is 0.467. The van der Waals surface area contributed by atoms with Gasteiger partial charge in [-0.25, -0.2) is 0 Å². The topological polar surface area (TPSA) is 55.8 Å². The fourth-order valence-electron chi connectivity index (χ4n) is 1.82. The van der Waals surface area contributed by atoms with E-state index in [0.717, 1.165) is 5.56 Å². The van der Waals surface area contributed by atoms with Crippen LogP contribution in [0.3, 0.4) is 0 Å². The van der Waals surface area contributed by atoms with Crippen LogP contribution in [0.15, 0.2) is 24.3 Å². The van der Waals surface area contributed by atoms with E-state index in [0.29, 0.717) is 24.7 Å². The van der Waals surface area contributed by atoms with Crippen LogP contribution in [-0.2, 0) is 25.6 Å². The molecule has 0 unspecified atom stereocenters. The molecule has 1 rings (SSSR count). The van der Waals surface area contributed by atoms with E-state index in [9.17, 15) is 9.59 Å². The second kappa shape index (κ2) is 9.37. The average molecular weight is 314 g/mol. The second-order valence-electron chi connectivity index (χ2n) is 4.55. The van der Waals surface area contributed by atoms with Gasteiger partial charge in [-0.1, -0.05) is 23.7 Å². The number of methoxy groups -OCH3 is 2. The van der Waals surface area contributed by atoms with Crippen molar-refractivity contribution in [2.24, 2.45) is 0 Å². The minimum atomic E-state index is -0.269. The smallest absolute Gasteiger partial charge is 0.306 e. The molecule has 5 nitrogen and oxygen atoms in total. The summed E-state index contributed by atoms with van der Waals surface area (Å²) in [7, 11) is 2.72. The number of benzene rings is 1. The summed E-state index contributed by atoms with van der Waals surface area (Å²) in [6, 6.07) is 7.47. The maximum Gasteiger partial charge on any atom is 0.306 e. The van der Waals surface area contributed by atoms with Gasteiger partial charge in [-0.3, -0.25) is 14.5 Å². The van der Waals surface area contributed by atoms with Crippen molar-refractivity contribution in [1.29, 1.82) is 0 Å². The number of ether oxygens (including phenoxy) is 2. The third-order valence-corrected chi connectivity index (χ3v) is 3.29. The lowest BCUT2D eigenvalue weighted by Crippen LogP contribution is -2.29. The molecule has 0 atom stereocenters. The molecule has 0 fully saturated rings. The second-order valence-corrected chi connectivity index (χ2v) is 4.99. The average Bonchev–Trinajstić information content (AvgIpc) is 2.51. The van der Waals surface area contributed by atoms with Crippen LogP contribution in [0.5, 0.6) is 0 Å². The Hall–Kier alpha value is -1.59. The van der Waals surface area contributed by atoms with E-state index in [1.54, 1.807) is 0 Å². The van der Waals surface area contributed by atoms with Gasteiger partial charge in [0, 0.05) is 24.7 Å². The Labute approximate surface area is 129 Å². The summed E-state index contributed by atoms with van der Waals surface area (Å²) in [6.45, 7) is 1.67. The Morgan fingerprint density at radius 2 is 1.48 bits per heavy atom. The molecule has 0 aliphatic rings. The molecule has 1 aromatic rings. The zero-order valence-corrected chi connectivity index (χ0v) is 13.1. The third-order valence-electron chi connectivity index (χ3n) is 3.04. The van der Waals surface area contributed by atoms with Gasteiger partial charge in [0.2, 0.25) is 0 Å². The summed E-state index contributed by atoms with van der Waals surface area (Å²) in [5, 5.41) is 0.675. The number of hydrogen-bond acceptors (Lipinski definition) is 5. The van der Waals surface area contributed by atoms with Crippen LogP contribution in [0.1, 0.15) is 18.4 Å². The zero-order valence-electron chi connectivity index (χ0n) is 12.3. The summed E-state index contributed by atoms with van der Waals surface area (Å²) in [4.78, 5) is 24.5. The molecular weight excluding hydrogens is 294 g/mol. The van der Waals surface area contributed by atoms with E-state index >= 15 is 0 Å². The first-order valence-electron chi connectivity index (χ1n) is 6.65. The van der Waals surface area contributed by atoms with Crippen LogP contribution in [0, 0.1) is 0 Å². The molecule has 0 amide bonds. The van der Waals surface area contributed by atoms with E-state index in [1.807, 2.05) is 29.2 Å². The van der Waals surface area contributed by atoms with Crippen LogP contribution >= 0.6 is 11.6 Å². The van der Waals surface area contributed by atoms with Crippen molar-refractivity contribution in [3.63, 3.8) is 0 Å².